The Bertz CT molecular complexity index is 845. The maximum absolute atomic E-state index is 13.0. The third kappa shape index (κ3) is 4.72. The Morgan fingerprint density at radius 1 is 1.07 bits per heavy atom. The molecule has 2 heterocycles. The van der Waals surface area contributed by atoms with Crippen molar-refractivity contribution in [3.05, 3.63) is 30.3 Å². The van der Waals surface area contributed by atoms with E-state index in [1.54, 1.807) is 18.2 Å². The molecular formula is C19H30N2O4S2. The average Bonchev–Trinajstić information content (AvgIpc) is 2.97. The predicted octanol–water partition coefficient (Wildman–Crippen LogP) is 1.48. The first-order chi connectivity index (χ1) is 12.6. The average molecular weight is 415 g/mol. The molecule has 2 aliphatic rings. The molecule has 2 saturated heterocycles. The van der Waals surface area contributed by atoms with E-state index in [-0.39, 0.29) is 21.9 Å². The summed E-state index contributed by atoms with van der Waals surface area (Å²) in [4.78, 5) is 2.60. The third-order valence-corrected chi connectivity index (χ3v) is 9.95. The summed E-state index contributed by atoms with van der Waals surface area (Å²) in [6.07, 6.45) is 3.59. The van der Waals surface area contributed by atoms with E-state index in [0.29, 0.717) is 6.54 Å². The maximum Gasteiger partial charge on any atom is 0.183 e. The van der Waals surface area contributed by atoms with Gasteiger partial charge in [-0.3, -0.25) is 4.90 Å². The highest BCUT2D eigenvalue weighted by Gasteiger charge is 2.46. The van der Waals surface area contributed by atoms with Crippen LogP contribution < -0.4 is 5.32 Å². The Labute approximate surface area is 163 Å². The van der Waals surface area contributed by atoms with Gasteiger partial charge >= 0.3 is 0 Å². The highest BCUT2D eigenvalue weighted by molar-refractivity contribution is 7.96. The lowest BCUT2D eigenvalue weighted by Gasteiger charge is -2.42. The largest absolute Gasteiger partial charge is 0.310 e. The molecule has 0 spiro atoms. The van der Waals surface area contributed by atoms with Crippen LogP contribution in [0.4, 0.5) is 0 Å². The molecule has 152 valence electrons. The molecule has 27 heavy (non-hydrogen) atoms. The standard InChI is InChI=1S/C19H30N2O4S2/c1-19(2,21-11-7-4-8-12-21)15-20-17-13-26(22,23)14-18(17)27(24,25)16-9-5-3-6-10-16/h3,5-6,9-10,17-18,20H,4,7-8,11-15H2,1-2H3/t17-,18-/m0/s1. The number of hydrogen-bond donors (Lipinski definition) is 1. The monoisotopic (exact) mass is 414 g/mol. The Balaban J connectivity index is 1.76. The molecule has 2 fully saturated rings. The summed E-state index contributed by atoms with van der Waals surface area (Å²) < 4.78 is 50.6. The highest BCUT2D eigenvalue weighted by atomic mass is 32.2. The molecule has 0 saturated carbocycles. The molecule has 0 aliphatic carbocycles. The summed E-state index contributed by atoms with van der Waals surface area (Å²) in [6, 6.07) is 7.58. The van der Waals surface area contributed by atoms with E-state index >= 15 is 0 Å². The second-order valence-corrected chi connectivity index (χ2v) is 12.6. The van der Waals surface area contributed by atoms with Crippen LogP contribution in [0.25, 0.3) is 0 Å². The lowest BCUT2D eigenvalue weighted by molar-refractivity contribution is 0.0925. The van der Waals surface area contributed by atoms with E-state index in [1.807, 2.05) is 0 Å². The van der Waals surface area contributed by atoms with Crippen LogP contribution in [0, 0.1) is 0 Å². The second kappa shape index (κ2) is 7.81. The number of nitrogens with zero attached hydrogens (tertiary/aromatic N) is 1. The molecule has 0 bridgehead atoms. The molecule has 8 heteroatoms. The Hall–Kier alpha value is -0.960. The number of hydrogen-bond acceptors (Lipinski definition) is 6. The molecule has 3 rings (SSSR count). The van der Waals surface area contributed by atoms with Crippen LogP contribution in [-0.2, 0) is 19.7 Å². The summed E-state index contributed by atoms with van der Waals surface area (Å²) in [5.74, 6) is -0.439. The van der Waals surface area contributed by atoms with Crippen LogP contribution in [-0.4, -0.2) is 69.7 Å². The number of sulfone groups is 2. The Morgan fingerprint density at radius 2 is 1.70 bits per heavy atom. The first kappa shape index (κ1) is 20.8. The molecule has 6 nitrogen and oxygen atoms in total. The zero-order valence-electron chi connectivity index (χ0n) is 16.1. The second-order valence-electron chi connectivity index (χ2n) is 8.32. The summed E-state index contributed by atoms with van der Waals surface area (Å²) in [5, 5.41) is 2.36. The molecule has 0 radical (unpaired) electrons. The first-order valence-electron chi connectivity index (χ1n) is 9.60. The molecule has 0 aromatic heterocycles. The molecule has 1 N–H and O–H groups in total. The Kier molecular flexibility index (Phi) is 6.01. The minimum absolute atomic E-state index is 0.125. The van der Waals surface area contributed by atoms with Gasteiger partial charge < -0.3 is 5.32 Å². The van der Waals surface area contributed by atoms with Crippen LogP contribution in [0.3, 0.4) is 0 Å². The van der Waals surface area contributed by atoms with Crippen LogP contribution in [0.15, 0.2) is 35.2 Å². The number of nitrogens with one attached hydrogen (secondary N) is 1. The van der Waals surface area contributed by atoms with Crippen molar-refractivity contribution < 1.29 is 16.8 Å². The number of piperidine rings is 1. The minimum atomic E-state index is -3.71. The maximum atomic E-state index is 13.0. The molecule has 2 atom stereocenters. The van der Waals surface area contributed by atoms with E-state index in [1.165, 1.54) is 31.4 Å². The fraction of sp³-hybridized carbons (Fsp3) is 0.684. The van der Waals surface area contributed by atoms with Gasteiger partial charge in [0.15, 0.2) is 19.7 Å². The zero-order valence-corrected chi connectivity index (χ0v) is 17.7. The van der Waals surface area contributed by atoms with Crippen molar-refractivity contribution in [2.75, 3.05) is 31.1 Å². The van der Waals surface area contributed by atoms with Crippen molar-refractivity contribution >= 4 is 19.7 Å². The lowest BCUT2D eigenvalue weighted by atomic mass is 9.98. The predicted molar refractivity (Wildman–Crippen MR) is 107 cm³/mol. The van der Waals surface area contributed by atoms with E-state index in [0.717, 1.165) is 13.1 Å². The molecule has 1 aromatic carbocycles. The van der Waals surface area contributed by atoms with Crippen LogP contribution in [0.1, 0.15) is 33.1 Å². The van der Waals surface area contributed by atoms with Gasteiger partial charge in [-0.15, -0.1) is 0 Å². The van der Waals surface area contributed by atoms with Crippen molar-refractivity contribution in [2.45, 2.75) is 54.8 Å². The van der Waals surface area contributed by atoms with Crippen LogP contribution in [0.2, 0.25) is 0 Å². The quantitative estimate of drug-likeness (QED) is 0.759. The van der Waals surface area contributed by atoms with Crippen molar-refractivity contribution in [3.63, 3.8) is 0 Å². The Morgan fingerprint density at radius 3 is 2.33 bits per heavy atom. The number of rotatable bonds is 6. The van der Waals surface area contributed by atoms with Crippen molar-refractivity contribution in [1.82, 2.24) is 10.2 Å². The SMILES string of the molecule is CC(C)(CN[C@H]1CS(=O)(=O)C[C@@H]1S(=O)(=O)c1ccccc1)N1CCCCC1. The lowest BCUT2D eigenvalue weighted by Crippen LogP contribution is -2.56. The van der Waals surface area contributed by atoms with Gasteiger partial charge in [-0.05, 0) is 51.9 Å². The summed E-state index contributed by atoms with van der Waals surface area (Å²) in [7, 11) is -7.09. The first-order valence-corrected chi connectivity index (χ1v) is 13.0. The van der Waals surface area contributed by atoms with Gasteiger partial charge in [-0.25, -0.2) is 16.8 Å². The number of benzene rings is 1. The van der Waals surface area contributed by atoms with Crippen molar-refractivity contribution in [3.8, 4) is 0 Å². The zero-order chi connectivity index (χ0) is 19.7. The summed E-state index contributed by atoms with van der Waals surface area (Å²) in [5.41, 5.74) is -0.145. The van der Waals surface area contributed by atoms with E-state index in [2.05, 4.69) is 24.1 Å². The van der Waals surface area contributed by atoms with E-state index in [4.69, 9.17) is 0 Å². The van der Waals surface area contributed by atoms with Crippen LogP contribution >= 0.6 is 0 Å². The van der Waals surface area contributed by atoms with Crippen LogP contribution in [0.5, 0.6) is 0 Å². The third-order valence-electron chi connectivity index (χ3n) is 5.78. The van der Waals surface area contributed by atoms with Gasteiger partial charge in [0.1, 0.15) is 0 Å². The fourth-order valence-electron chi connectivity index (χ4n) is 4.09. The van der Waals surface area contributed by atoms with Gasteiger partial charge in [0.25, 0.3) is 0 Å². The number of likely N-dealkylation sites (tertiary alicyclic amines) is 1. The molecule has 2 aliphatic heterocycles. The van der Waals surface area contributed by atoms with E-state index in [9.17, 15) is 16.8 Å². The molecule has 1 aromatic rings. The topological polar surface area (TPSA) is 83.5 Å². The van der Waals surface area contributed by atoms with Gasteiger partial charge in [0, 0.05) is 18.1 Å². The van der Waals surface area contributed by atoms with Crippen molar-refractivity contribution in [2.24, 2.45) is 0 Å². The fourth-order valence-corrected chi connectivity index (χ4v) is 8.83. The van der Waals surface area contributed by atoms with Gasteiger partial charge in [0.2, 0.25) is 0 Å². The van der Waals surface area contributed by atoms with E-state index < -0.39 is 31.0 Å². The minimum Gasteiger partial charge on any atom is -0.310 e. The summed E-state index contributed by atoms with van der Waals surface area (Å²) >= 11 is 0. The molecule has 0 unspecified atom stereocenters. The smallest absolute Gasteiger partial charge is 0.183 e. The van der Waals surface area contributed by atoms with Crippen molar-refractivity contribution in [1.29, 1.82) is 0 Å². The van der Waals surface area contributed by atoms with Gasteiger partial charge in [0.05, 0.1) is 21.7 Å². The van der Waals surface area contributed by atoms with Gasteiger partial charge in [-0.2, -0.15) is 0 Å². The summed E-state index contributed by atoms with van der Waals surface area (Å²) in [6.45, 7) is 6.89. The normalized spacial score (nSPS) is 26.9. The van der Waals surface area contributed by atoms with Gasteiger partial charge in [-0.1, -0.05) is 24.6 Å². The highest BCUT2D eigenvalue weighted by Crippen LogP contribution is 2.27. The molecular weight excluding hydrogens is 384 g/mol. The molecule has 0 amide bonds.